The van der Waals surface area contributed by atoms with E-state index in [9.17, 15) is 4.39 Å². The first kappa shape index (κ1) is 8.50. The fourth-order valence-corrected chi connectivity index (χ4v) is 0.952. The van der Waals surface area contributed by atoms with Crippen LogP contribution < -0.4 is 0 Å². The third-order valence-electron chi connectivity index (χ3n) is 1.40. The van der Waals surface area contributed by atoms with Gasteiger partial charge in [0.1, 0.15) is 5.82 Å². The van der Waals surface area contributed by atoms with Crippen LogP contribution in [0.4, 0.5) is 4.39 Å². The molecular formula is C8H8ClFO. The van der Waals surface area contributed by atoms with E-state index in [4.69, 9.17) is 16.7 Å². The number of hydrogen-bond acceptors (Lipinski definition) is 1. The lowest BCUT2D eigenvalue weighted by Gasteiger charge is -2.05. The number of aliphatic hydroxyl groups is 1. The van der Waals surface area contributed by atoms with Crippen LogP contribution in [0.1, 0.15) is 11.7 Å². The van der Waals surface area contributed by atoms with Crippen LogP contribution in [0.25, 0.3) is 0 Å². The maximum absolute atomic E-state index is 12.3. The predicted octanol–water partition coefficient (Wildman–Crippen LogP) is 2.10. The number of alkyl halides is 1. The molecular weight excluding hydrogens is 167 g/mol. The fraction of sp³-hybridized carbons (Fsp3) is 0.250. The molecule has 0 spiro atoms. The van der Waals surface area contributed by atoms with E-state index in [0.29, 0.717) is 5.56 Å². The van der Waals surface area contributed by atoms with Gasteiger partial charge in [-0.15, -0.1) is 11.6 Å². The second kappa shape index (κ2) is 3.69. The van der Waals surface area contributed by atoms with Crippen molar-refractivity contribution in [2.24, 2.45) is 0 Å². The van der Waals surface area contributed by atoms with Gasteiger partial charge in [0.05, 0.1) is 12.0 Å². The molecule has 0 fully saturated rings. The zero-order valence-electron chi connectivity index (χ0n) is 5.80. The molecule has 60 valence electrons. The molecule has 3 heteroatoms. The van der Waals surface area contributed by atoms with Crippen molar-refractivity contribution in [3.63, 3.8) is 0 Å². The molecule has 0 aliphatic heterocycles. The van der Waals surface area contributed by atoms with Crippen LogP contribution in [0.3, 0.4) is 0 Å². The molecule has 1 atom stereocenters. The average molecular weight is 175 g/mol. The minimum absolute atomic E-state index is 0.131. The lowest BCUT2D eigenvalue weighted by atomic mass is 10.1. The minimum atomic E-state index is -0.697. The van der Waals surface area contributed by atoms with Gasteiger partial charge in [0.25, 0.3) is 0 Å². The third kappa shape index (κ3) is 2.17. The molecule has 0 aliphatic carbocycles. The number of aliphatic hydroxyl groups excluding tert-OH is 1. The Morgan fingerprint density at radius 1 is 1.36 bits per heavy atom. The van der Waals surface area contributed by atoms with Crippen molar-refractivity contribution in [3.8, 4) is 0 Å². The SMILES string of the molecule is O[C@H](CCl)c1ccc(F)cc1. The highest BCUT2D eigenvalue weighted by molar-refractivity contribution is 6.18. The molecule has 1 aromatic rings. The van der Waals surface area contributed by atoms with Gasteiger partial charge in [0, 0.05) is 0 Å². The van der Waals surface area contributed by atoms with Gasteiger partial charge in [0.2, 0.25) is 0 Å². The summed E-state index contributed by atoms with van der Waals surface area (Å²) < 4.78 is 12.3. The molecule has 0 amide bonds. The molecule has 0 aliphatic rings. The summed E-state index contributed by atoms with van der Waals surface area (Å²) in [6.45, 7) is 0. The quantitative estimate of drug-likeness (QED) is 0.681. The second-order valence-corrected chi connectivity index (χ2v) is 2.53. The number of benzene rings is 1. The van der Waals surface area contributed by atoms with Crippen molar-refractivity contribution in [2.75, 3.05) is 5.88 Å². The van der Waals surface area contributed by atoms with Crippen LogP contribution in [-0.2, 0) is 0 Å². The molecule has 0 heterocycles. The van der Waals surface area contributed by atoms with Gasteiger partial charge in [-0.1, -0.05) is 12.1 Å². The van der Waals surface area contributed by atoms with Crippen LogP contribution in [0.15, 0.2) is 24.3 Å². The van der Waals surface area contributed by atoms with Gasteiger partial charge >= 0.3 is 0 Å². The summed E-state index contributed by atoms with van der Waals surface area (Å²) in [5, 5.41) is 9.17. The van der Waals surface area contributed by atoms with E-state index in [2.05, 4.69) is 0 Å². The molecule has 1 aromatic carbocycles. The predicted molar refractivity (Wildman–Crippen MR) is 42.1 cm³/mol. The van der Waals surface area contributed by atoms with Crippen LogP contribution in [0, 0.1) is 5.82 Å². The molecule has 0 saturated carbocycles. The van der Waals surface area contributed by atoms with Crippen LogP contribution >= 0.6 is 11.6 Å². The Morgan fingerprint density at radius 3 is 2.36 bits per heavy atom. The number of rotatable bonds is 2. The van der Waals surface area contributed by atoms with Crippen molar-refractivity contribution in [3.05, 3.63) is 35.6 Å². The van der Waals surface area contributed by atoms with Crippen LogP contribution in [0.5, 0.6) is 0 Å². The Bertz CT molecular complexity index is 222. The molecule has 0 saturated heterocycles. The summed E-state index contributed by atoms with van der Waals surface area (Å²) in [5.74, 6) is -0.179. The molecule has 11 heavy (non-hydrogen) atoms. The lowest BCUT2D eigenvalue weighted by molar-refractivity contribution is 0.202. The van der Waals surface area contributed by atoms with E-state index in [-0.39, 0.29) is 11.7 Å². The summed E-state index contributed by atoms with van der Waals surface area (Å²) in [7, 11) is 0. The average Bonchev–Trinajstić information content (AvgIpc) is 2.05. The largest absolute Gasteiger partial charge is 0.387 e. The van der Waals surface area contributed by atoms with E-state index in [1.807, 2.05) is 0 Å². The molecule has 0 aromatic heterocycles. The summed E-state index contributed by atoms with van der Waals surface area (Å²) >= 11 is 5.38. The smallest absolute Gasteiger partial charge is 0.123 e. The third-order valence-corrected chi connectivity index (χ3v) is 1.69. The molecule has 1 rings (SSSR count). The van der Waals surface area contributed by atoms with Crippen molar-refractivity contribution < 1.29 is 9.50 Å². The van der Waals surface area contributed by atoms with Crippen molar-refractivity contribution in [1.29, 1.82) is 0 Å². The Morgan fingerprint density at radius 2 is 1.91 bits per heavy atom. The zero-order valence-corrected chi connectivity index (χ0v) is 6.55. The lowest BCUT2D eigenvalue weighted by Crippen LogP contribution is -1.97. The second-order valence-electron chi connectivity index (χ2n) is 2.22. The molecule has 1 N–H and O–H groups in total. The summed E-state index contributed by atoms with van der Waals surface area (Å²) in [5.41, 5.74) is 0.640. The van der Waals surface area contributed by atoms with Crippen molar-refractivity contribution in [1.82, 2.24) is 0 Å². The normalized spacial score (nSPS) is 13.0. The standard InChI is InChI=1S/C8H8ClFO/c9-5-8(11)6-1-3-7(10)4-2-6/h1-4,8,11H,5H2/t8-/m1/s1. The molecule has 0 unspecified atom stereocenters. The highest BCUT2D eigenvalue weighted by atomic mass is 35.5. The highest BCUT2D eigenvalue weighted by Gasteiger charge is 2.04. The first-order chi connectivity index (χ1) is 5.24. The number of hydrogen-bond donors (Lipinski definition) is 1. The summed E-state index contributed by atoms with van der Waals surface area (Å²) in [6.07, 6.45) is -0.697. The van der Waals surface area contributed by atoms with Gasteiger partial charge in [0.15, 0.2) is 0 Å². The van der Waals surface area contributed by atoms with Gasteiger partial charge in [-0.2, -0.15) is 0 Å². The monoisotopic (exact) mass is 174 g/mol. The van der Waals surface area contributed by atoms with Gasteiger partial charge < -0.3 is 5.11 Å². The van der Waals surface area contributed by atoms with Gasteiger partial charge in [-0.05, 0) is 17.7 Å². The first-order valence-electron chi connectivity index (χ1n) is 3.23. The molecule has 0 radical (unpaired) electrons. The fourth-order valence-electron chi connectivity index (χ4n) is 0.774. The Kier molecular flexibility index (Phi) is 2.85. The molecule has 1 nitrogen and oxygen atoms in total. The highest BCUT2D eigenvalue weighted by Crippen LogP contribution is 2.13. The van der Waals surface area contributed by atoms with E-state index < -0.39 is 6.10 Å². The van der Waals surface area contributed by atoms with Crippen molar-refractivity contribution in [2.45, 2.75) is 6.10 Å². The molecule has 0 bridgehead atoms. The Balaban J connectivity index is 2.81. The van der Waals surface area contributed by atoms with Crippen molar-refractivity contribution >= 4 is 11.6 Å². The topological polar surface area (TPSA) is 20.2 Å². The van der Waals surface area contributed by atoms with E-state index >= 15 is 0 Å². The Labute approximate surface area is 69.4 Å². The Hall–Kier alpha value is -0.600. The zero-order chi connectivity index (χ0) is 8.27. The van der Waals surface area contributed by atoms with Gasteiger partial charge in [-0.3, -0.25) is 0 Å². The van der Waals surface area contributed by atoms with E-state index in [1.165, 1.54) is 24.3 Å². The summed E-state index contributed by atoms with van der Waals surface area (Å²) in [4.78, 5) is 0. The van der Waals surface area contributed by atoms with E-state index in [1.54, 1.807) is 0 Å². The minimum Gasteiger partial charge on any atom is -0.387 e. The van der Waals surface area contributed by atoms with E-state index in [0.717, 1.165) is 0 Å². The van der Waals surface area contributed by atoms with Crippen LogP contribution in [0.2, 0.25) is 0 Å². The first-order valence-corrected chi connectivity index (χ1v) is 3.77. The van der Waals surface area contributed by atoms with Gasteiger partial charge in [-0.25, -0.2) is 4.39 Å². The maximum atomic E-state index is 12.3. The van der Waals surface area contributed by atoms with Crippen LogP contribution in [-0.4, -0.2) is 11.0 Å². The maximum Gasteiger partial charge on any atom is 0.123 e. The summed E-state index contributed by atoms with van der Waals surface area (Å²) in [6, 6.07) is 5.63. The number of halogens is 2.